The molecule has 0 unspecified atom stereocenters. The molecule has 0 amide bonds. The van der Waals surface area contributed by atoms with Crippen LogP contribution in [0.4, 0.5) is 0 Å². The van der Waals surface area contributed by atoms with Crippen LogP contribution in [-0.4, -0.2) is 0 Å². The predicted octanol–water partition coefficient (Wildman–Crippen LogP) is 6.73. The third-order valence-corrected chi connectivity index (χ3v) is 6.63. The Morgan fingerprint density at radius 2 is 1.33 bits per heavy atom. The summed E-state index contributed by atoms with van der Waals surface area (Å²) in [5.41, 5.74) is 1.38. The maximum atomic E-state index is 2.38. The van der Waals surface area contributed by atoms with Gasteiger partial charge >= 0.3 is 0 Å². The maximum absolute atomic E-state index is 2.38. The van der Waals surface area contributed by atoms with Crippen molar-refractivity contribution in [3.63, 3.8) is 0 Å². The number of fused-ring (bicyclic) bond motifs is 6. The summed E-state index contributed by atoms with van der Waals surface area (Å²) < 4.78 is 5.60. The highest BCUT2D eigenvalue weighted by molar-refractivity contribution is 7.27. The van der Waals surface area contributed by atoms with Gasteiger partial charge in [-0.25, -0.2) is 0 Å². The molecule has 21 heavy (non-hydrogen) atoms. The zero-order valence-electron chi connectivity index (χ0n) is 11.5. The van der Waals surface area contributed by atoms with Crippen molar-refractivity contribution >= 4 is 63.0 Å². The summed E-state index contributed by atoms with van der Waals surface area (Å²) in [5, 5.41) is 5.58. The van der Waals surface area contributed by atoms with Crippen LogP contribution in [0.1, 0.15) is 5.56 Å². The standard InChI is InChI=1S/C19H12S2/c1-11-5-4-7-13-15-10-17-14(9-18(15)21-19(11)13)12-6-2-3-8-16(12)20-17/h2-10H,1H3. The summed E-state index contributed by atoms with van der Waals surface area (Å²) in [6.07, 6.45) is 0. The highest BCUT2D eigenvalue weighted by atomic mass is 32.1. The molecule has 0 fully saturated rings. The smallest absolute Gasteiger partial charge is 0.0384 e. The van der Waals surface area contributed by atoms with E-state index in [1.54, 1.807) is 0 Å². The second-order valence-electron chi connectivity index (χ2n) is 5.50. The highest BCUT2D eigenvalue weighted by Crippen LogP contribution is 2.42. The van der Waals surface area contributed by atoms with Crippen LogP contribution in [0.15, 0.2) is 54.6 Å². The van der Waals surface area contributed by atoms with E-state index in [-0.39, 0.29) is 0 Å². The molecule has 0 spiro atoms. The lowest BCUT2D eigenvalue weighted by Gasteiger charge is -1.95. The van der Waals surface area contributed by atoms with E-state index in [1.165, 1.54) is 45.9 Å². The molecule has 5 rings (SSSR count). The number of thiophene rings is 2. The zero-order valence-corrected chi connectivity index (χ0v) is 13.1. The molecule has 100 valence electrons. The summed E-state index contributed by atoms with van der Waals surface area (Å²) in [7, 11) is 0. The predicted molar refractivity (Wildman–Crippen MR) is 97.0 cm³/mol. The summed E-state index contributed by atoms with van der Waals surface area (Å²) in [6.45, 7) is 2.20. The second kappa shape index (κ2) is 4.06. The van der Waals surface area contributed by atoms with Gasteiger partial charge in [-0.05, 0) is 30.7 Å². The first-order valence-corrected chi connectivity index (χ1v) is 8.68. The van der Waals surface area contributed by atoms with Crippen LogP contribution in [0.5, 0.6) is 0 Å². The lowest BCUT2D eigenvalue weighted by Crippen LogP contribution is -1.70. The quantitative estimate of drug-likeness (QED) is 0.297. The van der Waals surface area contributed by atoms with Crippen molar-refractivity contribution in [2.24, 2.45) is 0 Å². The van der Waals surface area contributed by atoms with Gasteiger partial charge in [0.1, 0.15) is 0 Å². The largest absolute Gasteiger partial charge is 0.135 e. The third kappa shape index (κ3) is 1.55. The zero-order chi connectivity index (χ0) is 14.0. The first kappa shape index (κ1) is 11.7. The van der Waals surface area contributed by atoms with Gasteiger partial charge in [-0.3, -0.25) is 0 Å². The van der Waals surface area contributed by atoms with Gasteiger partial charge in [0.25, 0.3) is 0 Å². The van der Waals surface area contributed by atoms with E-state index in [9.17, 15) is 0 Å². The Bertz CT molecular complexity index is 1140. The van der Waals surface area contributed by atoms with Gasteiger partial charge in [0.2, 0.25) is 0 Å². The van der Waals surface area contributed by atoms with Gasteiger partial charge in [-0.15, -0.1) is 22.7 Å². The summed E-state index contributed by atoms with van der Waals surface area (Å²) in [5.74, 6) is 0. The minimum Gasteiger partial charge on any atom is -0.135 e. The Morgan fingerprint density at radius 1 is 0.619 bits per heavy atom. The molecule has 3 aromatic carbocycles. The molecule has 2 heterocycles. The molecular formula is C19H12S2. The maximum Gasteiger partial charge on any atom is 0.0384 e. The molecule has 0 N–H and O–H groups in total. The molecule has 0 nitrogen and oxygen atoms in total. The van der Waals surface area contributed by atoms with Crippen molar-refractivity contribution in [1.29, 1.82) is 0 Å². The number of hydrogen-bond donors (Lipinski definition) is 0. The number of rotatable bonds is 0. The fourth-order valence-electron chi connectivity index (χ4n) is 3.16. The topological polar surface area (TPSA) is 0 Å². The van der Waals surface area contributed by atoms with Gasteiger partial charge in [0.05, 0.1) is 0 Å². The van der Waals surface area contributed by atoms with Crippen LogP contribution in [0.2, 0.25) is 0 Å². The lowest BCUT2D eigenvalue weighted by molar-refractivity contribution is 1.56. The Balaban J connectivity index is 2.03. The molecule has 0 aliphatic carbocycles. The molecule has 0 aliphatic heterocycles. The average molecular weight is 304 g/mol. The van der Waals surface area contributed by atoms with E-state index < -0.39 is 0 Å². The van der Waals surface area contributed by atoms with Crippen LogP contribution in [0.3, 0.4) is 0 Å². The highest BCUT2D eigenvalue weighted by Gasteiger charge is 2.11. The van der Waals surface area contributed by atoms with Crippen molar-refractivity contribution in [1.82, 2.24) is 0 Å². The van der Waals surface area contributed by atoms with Gasteiger partial charge in [-0.2, -0.15) is 0 Å². The van der Waals surface area contributed by atoms with E-state index in [0.717, 1.165) is 0 Å². The van der Waals surface area contributed by atoms with E-state index >= 15 is 0 Å². The molecule has 0 radical (unpaired) electrons. The summed E-state index contributed by atoms with van der Waals surface area (Å²) >= 11 is 3.82. The van der Waals surface area contributed by atoms with Crippen molar-refractivity contribution < 1.29 is 0 Å². The molecule has 0 saturated carbocycles. The second-order valence-corrected chi connectivity index (χ2v) is 7.63. The minimum atomic E-state index is 1.38. The molecule has 5 aromatic rings. The van der Waals surface area contributed by atoms with E-state index in [2.05, 4.69) is 61.5 Å². The van der Waals surface area contributed by atoms with Crippen molar-refractivity contribution in [3.8, 4) is 0 Å². The number of aryl methyl sites for hydroxylation is 1. The monoisotopic (exact) mass is 304 g/mol. The van der Waals surface area contributed by atoms with Crippen LogP contribution in [0, 0.1) is 6.92 Å². The van der Waals surface area contributed by atoms with Gasteiger partial charge in [0, 0.05) is 40.3 Å². The molecule has 0 saturated heterocycles. The Labute approximate surface area is 130 Å². The third-order valence-electron chi connectivity index (χ3n) is 4.19. The molecule has 0 atom stereocenters. The van der Waals surface area contributed by atoms with Crippen LogP contribution in [-0.2, 0) is 0 Å². The fraction of sp³-hybridized carbons (Fsp3) is 0.0526. The lowest BCUT2D eigenvalue weighted by atomic mass is 10.1. The van der Waals surface area contributed by atoms with E-state index in [4.69, 9.17) is 0 Å². The molecule has 0 aliphatic rings. The molecule has 2 heteroatoms. The molecule has 2 aromatic heterocycles. The number of benzene rings is 3. The first-order chi connectivity index (χ1) is 10.3. The SMILES string of the molecule is Cc1cccc2c1sc1cc3c(cc12)sc1ccccc13. The summed E-state index contributed by atoms with van der Waals surface area (Å²) in [4.78, 5) is 0. The van der Waals surface area contributed by atoms with Gasteiger partial charge in [-0.1, -0.05) is 36.4 Å². The van der Waals surface area contributed by atoms with Crippen LogP contribution >= 0.6 is 22.7 Å². The van der Waals surface area contributed by atoms with Gasteiger partial charge in [0.15, 0.2) is 0 Å². The Hall–Kier alpha value is -1.90. The first-order valence-electron chi connectivity index (χ1n) is 7.04. The normalized spacial score (nSPS) is 12.0. The average Bonchev–Trinajstić information content (AvgIpc) is 3.04. The van der Waals surface area contributed by atoms with Crippen molar-refractivity contribution in [2.75, 3.05) is 0 Å². The Kier molecular flexibility index (Phi) is 2.27. The van der Waals surface area contributed by atoms with Crippen LogP contribution < -0.4 is 0 Å². The molecule has 0 bridgehead atoms. The fourth-order valence-corrected chi connectivity index (χ4v) is 5.48. The van der Waals surface area contributed by atoms with Crippen molar-refractivity contribution in [2.45, 2.75) is 6.92 Å². The van der Waals surface area contributed by atoms with Crippen molar-refractivity contribution in [3.05, 3.63) is 60.2 Å². The van der Waals surface area contributed by atoms with E-state index in [1.807, 2.05) is 22.7 Å². The Morgan fingerprint density at radius 3 is 2.24 bits per heavy atom. The molecular weight excluding hydrogens is 292 g/mol. The number of hydrogen-bond acceptors (Lipinski definition) is 2. The van der Waals surface area contributed by atoms with Crippen LogP contribution in [0.25, 0.3) is 40.3 Å². The van der Waals surface area contributed by atoms with Gasteiger partial charge < -0.3 is 0 Å². The van der Waals surface area contributed by atoms with E-state index in [0.29, 0.717) is 0 Å². The minimum absolute atomic E-state index is 1.38. The summed E-state index contributed by atoms with van der Waals surface area (Å²) in [6, 6.07) is 20.1.